The highest BCUT2D eigenvalue weighted by Crippen LogP contribution is 2.26. The van der Waals surface area contributed by atoms with Crippen molar-refractivity contribution in [3.63, 3.8) is 0 Å². The normalized spacial score (nSPS) is 23.3. The fourth-order valence-corrected chi connectivity index (χ4v) is 3.25. The smallest absolute Gasteiger partial charge is 0.225 e. The molecule has 0 aromatic carbocycles. The summed E-state index contributed by atoms with van der Waals surface area (Å²) in [5.41, 5.74) is 0. The average molecular weight is 318 g/mol. The summed E-state index contributed by atoms with van der Waals surface area (Å²) in [6, 6.07) is 0. The van der Waals surface area contributed by atoms with Crippen molar-refractivity contribution in [1.82, 2.24) is 4.90 Å². The van der Waals surface area contributed by atoms with Crippen LogP contribution in [0, 0.1) is 5.92 Å². The first-order chi connectivity index (χ1) is 8.81. The summed E-state index contributed by atoms with van der Waals surface area (Å²) in [5, 5.41) is 0.897. The molecular formula is C14H24BrNO2. The molecule has 18 heavy (non-hydrogen) atoms. The first-order valence-corrected chi connectivity index (χ1v) is 8.39. The molecule has 0 bridgehead atoms. The van der Waals surface area contributed by atoms with Crippen LogP contribution in [-0.4, -0.2) is 41.9 Å². The lowest BCUT2D eigenvalue weighted by molar-refractivity contribution is -0.139. The molecule has 0 radical (unpaired) electrons. The summed E-state index contributed by atoms with van der Waals surface area (Å²) in [6.45, 7) is 2.56. The van der Waals surface area contributed by atoms with Gasteiger partial charge in [-0.1, -0.05) is 35.2 Å². The van der Waals surface area contributed by atoms with Gasteiger partial charge in [-0.2, -0.15) is 0 Å². The van der Waals surface area contributed by atoms with E-state index in [0.717, 1.165) is 50.7 Å². The number of carbonyl (C=O) groups is 1. The number of hydrogen-bond donors (Lipinski definition) is 0. The summed E-state index contributed by atoms with van der Waals surface area (Å²) in [6.07, 6.45) is 8.38. The molecule has 1 saturated carbocycles. The molecule has 0 N–H and O–H groups in total. The zero-order valence-corrected chi connectivity index (χ0v) is 12.7. The first kappa shape index (κ1) is 14.3. The molecule has 4 heteroatoms. The highest BCUT2D eigenvalue weighted by Gasteiger charge is 2.29. The molecule has 1 amide bonds. The highest BCUT2D eigenvalue weighted by atomic mass is 79.9. The fraction of sp³-hybridized carbons (Fsp3) is 0.929. The molecule has 1 heterocycles. The van der Waals surface area contributed by atoms with Gasteiger partial charge < -0.3 is 9.64 Å². The Balaban J connectivity index is 1.73. The molecule has 3 nitrogen and oxygen atoms in total. The van der Waals surface area contributed by atoms with Crippen molar-refractivity contribution >= 4 is 21.8 Å². The van der Waals surface area contributed by atoms with E-state index in [4.69, 9.17) is 4.74 Å². The van der Waals surface area contributed by atoms with Gasteiger partial charge in [0.05, 0.1) is 12.7 Å². The summed E-state index contributed by atoms with van der Waals surface area (Å²) in [7, 11) is 0. The molecule has 0 unspecified atom stereocenters. The molecule has 0 spiro atoms. The van der Waals surface area contributed by atoms with E-state index in [1.807, 2.05) is 0 Å². The minimum atomic E-state index is 0.318. The van der Waals surface area contributed by atoms with E-state index in [9.17, 15) is 4.79 Å². The molecule has 0 aromatic heterocycles. The monoisotopic (exact) mass is 317 g/mol. The molecule has 2 rings (SSSR count). The van der Waals surface area contributed by atoms with Crippen molar-refractivity contribution in [2.24, 2.45) is 5.92 Å². The van der Waals surface area contributed by atoms with E-state index >= 15 is 0 Å². The zero-order valence-electron chi connectivity index (χ0n) is 11.1. The number of likely N-dealkylation sites (tertiary alicyclic amines) is 1. The van der Waals surface area contributed by atoms with Crippen molar-refractivity contribution in [3.8, 4) is 0 Å². The van der Waals surface area contributed by atoms with Crippen LogP contribution in [0.1, 0.15) is 44.9 Å². The molecule has 1 aliphatic heterocycles. The molecule has 0 aromatic rings. The second-order valence-electron chi connectivity index (χ2n) is 5.42. The number of rotatable bonds is 4. The fourth-order valence-electron chi connectivity index (χ4n) is 3.06. The minimum absolute atomic E-state index is 0.318. The van der Waals surface area contributed by atoms with Crippen LogP contribution in [0.3, 0.4) is 0 Å². The summed E-state index contributed by atoms with van der Waals surface area (Å²) in [4.78, 5) is 14.4. The number of piperidine rings is 1. The number of nitrogens with zero attached hydrogens (tertiary/aromatic N) is 1. The molecule has 1 saturated heterocycles. The molecule has 2 fully saturated rings. The Morgan fingerprint density at radius 1 is 1.11 bits per heavy atom. The van der Waals surface area contributed by atoms with Crippen LogP contribution in [0.15, 0.2) is 0 Å². The first-order valence-electron chi connectivity index (χ1n) is 7.27. The number of halogens is 1. The molecule has 0 atom stereocenters. The maximum absolute atomic E-state index is 12.4. The number of carbonyl (C=O) groups excluding carboxylic acids is 1. The quantitative estimate of drug-likeness (QED) is 0.746. The lowest BCUT2D eigenvalue weighted by Crippen LogP contribution is -2.44. The van der Waals surface area contributed by atoms with Crippen molar-refractivity contribution < 1.29 is 9.53 Å². The van der Waals surface area contributed by atoms with E-state index in [2.05, 4.69) is 20.8 Å². The van der Waals surface area contributed by atoms with Crippen LogP contribution < -0.4 is 0 Å². The predicted molar refractivity (Wildman–Crippen MR) is 75.9 cm³/mol. The highest BCUT2D eigenvalue weighted by molar-refractivity contribution is 9.09. The van der Waals surface area contributed by atoms with Crippen molar-refractivity contribution in [2.75, 3.05) is 25.0 Å². The SMILES string of the molecule is O=C(C1CCCCC1)N1CCC(OCCBr)CC1. The van der Waals surface area contributed by atoms with Gasteiger partial charge in [-0.05, 0) is 25.7 Å². The van der Waals surface area contributed by atoms with E-state index in [0.29, 0.717) is 17.9 Å². The van der Waals surface area contributed by atoms with Crippen molar-refractivity contribution in [1.29, 1.82) is 0 Å². The van der Waals surface area contributed by atoms with Crippen molar-refractivity contribution in [3.05, 3.63) is 0 Å². The topological polar surface area (TPSA) is 29.5 Å². The molecular weight excluding hydrogens is 294 g/mol. The third-order valence-corrected chi connectivity index (χ3v) is 4.46. The number of hydrogen-bond acceptors (Lipinski definition) is 2. The van der Waals surface area contributed by atoms with Gasteiger partial charge in [-0.25, -0.2) is 0 Å². The van der Waals surface area contributed by atoms with Crippen LogP contribution in [0.5, 0.6) is 0 Å². The third-order valence-electron chi connectivity index (χ3n) is 4.14. The lowest BCUT2D eigenvalue weighted by atomic mass is 9.88. The summed E-state index contributed by atoms with van der Waals surface area (Å²) >= 11 is 3.37. The second kappa shape index (κ2) is 7.49. The Kier molecular flexibility index (Phi) is 5.96. The van der Waals surface area contributed by atoms with Crippen LogP contribution in [0.4, 0.5) is 0 Å². The van der Waals surface area contributed by atoms with E-state index in [-0.39, 0.29) is 0 Å². The Morgan fingerprint density at radius 2 is 1.78 bits per heavy atom. The Labute approximate surface area is 118 Å². The third kappa shape index (κ3) is 3.95. The zero-order chi connectivity index (χ0) is 12.8. The molecule has 104 valence electrons. The Morgan fingerprint density at radius 3 is 2.39 bits per heavy atom. The Bertz CT molecular complexity index is 259. The van der Waals surface area contributed by atoms with Gasteiger partial charge >= 0.3 is 0 Å². The number of alkyl halides is 1. The minimum Gasteiger partial charge on any atom is -0.377 e. The largest absolute Gasteiger partial charge is 0.377 e. The van der Waals surface area contributed by atoms with Crippen molar-refractivity contribution in [2.45, 2.75) is 51.0 Å². The number of amides is 1. The lowest BCUT2D eigenvalue weighted by Gasteiger charge is -2.35. The summed E-state index contributed by atoms with van der Waals surface area (Å²) < 4.78 is 5.72. The van der Waals surface area contributed by atoms with Crippen LogP contribution in [-0.2, 0) is 9.53 Å². The van der Waals surface area contributed by atoms with Gasteiger partial charge in [0, 0.05) is 24.3 Å². The van der Waals surface area contributed by atoms with Gasteiger partial charge in [0.25, 0.3) is 0 Å². The number of ether oxygens (including phenoxy) is 1. The van der Waals surface area contributed by atoms with Gasteiger partial charge in [-0.15, -0.1) is 0 Å². The Hall–Kier alpha value is -0.0900. The average Bonchev–Trinajstić information content (AvgIpc) is 2.46. The van der Waals surface area contributed by atoms with Gasteiger partial charge in [-0.3, -0.25) is 4.79 Å². The second-order valence-corrected chi connectivity index (χ2v) is 6.21. The van der Waals surface area contributed by atoms with E-state index in [1.165, 1.54) is 19.3 Å². The predicted octanol–water partition coefficient (Wildman–Crippen LogP) is 2.97. The summed E-state index contributed by atoms with van der Waals surface area (Å²) in [5.74, 6) is 0.729. The van der Waals surface area contributed by atoms with E-state index in [1.54, 1.807) is 0 Å². The van der Waals surface area contributed by atoms with Crippen LogP contribution in [0.2, 0.25) is 0 Å². The van der Waals surface area contributed by atoms with Gasteiger partial charge in [0.2, 0.25) is 5.91 Å². The molecule has 1 aliphatic carbocycles. The van der Waals surface area contributed by atoms with E-state index < -0.39 is 0 Å². The molecule has 2 aliphatic rings. The maximum Gasteiger partial charge on any atom is 0.225 e. The van der Waals surface area contributed by atoms with Crippen LogP contribution >= 0.6 is 15.9 Å². The standard InChI is InChI=1S/C14H24BrNO2/c15-8-11-18-13-6-9-16(10-7-13)14(17)12-4-2-1-3-5-12/h12-13H,1-11H2. The van der Waals surface area contributed by atoms with Crippen LogP contribution in [0.25, 0.3) is 0 Å². The van der Waals surface area contributed by atoms with Gasteiger partial charge in [0.1, 0.15) is 0 Å². The van der Waals surface area contributed by atoms with Gasteiger partial charge in [0.15, 0.2) is 0 Å². The maximum atomic E-state index is 12.4.